The molecule has 1 unspecified atom stereocenters. The number of halogens is 1. The third-order valence-corrected chi connectivity index (χ3v) is 3.54. The minimum absolute atomic E-state index is 0. The molecule has 0 aromatic rings. The van der Waals surface area contributed by atoms with Crippen LogP contribution < -0.4 is 5.32 Å². The molecule has 2 rings (SSSR count). The summed E-state index contributed by atoms with van der Waals surface area (Å²) in [6.45, 7) is 6.09. The molecule has 1 N–H and O–H groups in total. The highest BCUT2D eigenvalue weighted by atomic mass is 127. The van der Waals surface area contributed by atoms with E-state index in [2.05, 4.69) is 22.1 Å². The number of nitrogens with one attached hydrogen (secondary N) is 1. The van der Waals surface area contributed by atoms with E-state index in [4.69, 9.17) is 9.47 Å². The standard InChI is InChI=1S/C13H25N3O2.HI/c1-3-14-13(15-11-5-4-6-11)16-7-8-18-12(9-16)10-17-2;/h11-12H,3-10H2,1-2H3,(H,14,15);1H. The van der Waals surface area contributed by atoms with Crippen LogP contribution in [0.15, 0.2) is 4.99 Å². The fourth-order valence-corrected chi connectivity index (χ4v) is 2.32. The summed E-state index contributed by atoms with van der Waals surface area (Å²) in [5, 5.41) is 3.57. The first-order chi connectivity index (χ1) is 8.83. The Morgan fingerprint density at radius 1 is 1.47 bits per heavy atom. The van der Waals surface area contributed by atoms with Crippen LogP contribution in [0, 0.1) is 0 Å². The molecule has 1 heterocycles. The molecule has 112 valence electrons. The lowest BCUT2D eigenvalue weighted by Crippen LogP contribution is -2.54. The van der Waals surface area contributed by atoms with Crippen LogP contribution in [0.2, 0.25) is 0 Å². The van der Waals surface area contributed by atoms with E-state index < -0.39 is 0 Å². The smallest absolute Gasteiger partial charge is 0.194 e. The third-order valence-electron chi connectivity index (χ3n) is 3.54. The van der Waals surface area contributed by atoms with Gasteiger partial charge in [0.2, 0.25) is 0 Å². The monoisotopic (exact) mass is 383 g/mol. The Labute approximate surface area is 133 Å². The molecular weight excluding hydrogens is 357 g/mol. The number of nitrogens with zero attached hydrogens (tertiary/aromatic N) is 2. The van der Waals surface area contributed by atoms with Crippen molar-refractivity contribution in [3.8, 4) is 0 Å². The summed E-state index contributed by atoms with van der Waals surface area (Å²) >= 11 is 0. The minimum atomic E-state index is 0. The second-order valence-electron chi connectivity index (χ2n) is 4.96. The molecule has 6 heteroatoms. The largest absolute Gasteiger partial charge is 0.382 e. The van der Waals surface area contributed by atoms with Crippen LogP contribution in [0.25, 0.3) is 0 Å². The molecule has 0 spiro atoms. The van der Waals surface area contributed by atoms with Crippen LogP contribution in [0.3, 0.4) is 0 Å². The topological polar surface area (TPSA) is 46.1 Å². The summed E-state index contributed by atoms with van der Waals surface area (Å²) in [5.74, 6) is 1.05. The van der Waals surface area contributed by atoms with Crippen LogP contribution in [0.1, 0.15) is 26.2 Å². The van der Waals surface area contributed by atoms with Crippen molar-refractivity contribution < 1.29 is 9.47 Å². The molecule has 0 radical (unpaired) electrons. The van der Waals surface area contributed by atoms with Gasteiger partial charge in [-0.05, 0) is 26.2 Å². The molecule has 1 aliphatic heterocycles. The van der Waals surface area contributed by atoms with Crippen molar-refractivity contribution in [3.05, 3.63) is 0 Å². The Kier molecular flexibility index (Phi) is 8.01. The number of hydrogen-bond donors (Lipinski definition) is 1. The molecule has 1 atom stereocenters. The lowest BCUT2D eigenvalue weighted by molar-refractivity contribution is -0.0449. The normalized spacial score (nSPS) is 24.6. The highest BCUT2D eigenvalue weighted by Gasteiger charge is 2.26. The average Bonchev–Trinajstić information content (AvgIpc) is 2.33. The van der Waals surface area contributed by atoms with Gasteiger partial charge in [-0.3, -0.25) is 4.99 Å². The van der Waals surface area contributed by atoms with Crippen molar-refractivity contribution in [1.29, 1.82) is 0 Å². The molecule has 0 aromatic carbocycles. The molecule has 1 aliphatic carbocycles. The number of methoxy groups -OCH3 is 1. The summed E-state index contributed by atoms with van der Waals surface area (Å²) in [5.41, 5.74) is 0. The van der Waals surface area contributed by atoms with Gasteiger partial charge in [0.25, 0.3) is 0 Å². The lowest BCUT2D eigenvalue weighted by atomic mass is 9.93. The van der Waals surface area contributed by atoms with Crippen molar-refractivity contribution in [2.75, 3.05) is 40.0 Å². The van der Waals surface area contributed by atoms with Crippen molar-refractivity contribution in [1.82, 2.24) is 10.2 Å². The van der Waals surface area contributed by atoms with E-state index in [1.807, 2.05) is 0 Å². The molecule has 0 bridgehead atoms. The molecular formula is C13H26IN3O2. The quantitative estimate of drug-likeness (QED) is 0.454. The van der Waals surface area contributed by atoms with Gasteiger partial charge in [-0.2, -0.15) is 0 Å². The van der Waals surface area contributed by atoms with Gasteiger partial charge in [0.15, 0.2) is 5.96 Å². The van der Waals surface area contributed by atoms with Gasteiger partial charge in [-0.25, -0.2) is 0 Å². The first-order valence-electron chi connectivity index (χ1n) is 7.00. The maximum Gasteiger partial charge on any atom is 0.194 e. The lowest BCUT2D eigenvalue weighted by Gasteiger charge is -2.38. The SMILES string of the molecule is CCN=C(NC1CCC1)N1CCOC(COC)C1.I. The molecule has 0 amide bonds. The highest BCUT2D eigenvalue weighted by molar-refractivity contribution is 14.0. The number of hydrogen-bond acceptors (Lipinski definition) is 3. The number of morpholine rings is 1. The number of ether oxygens (including phenoxy) is 2. The number of guanidine groups is 1. The zero-order chi connectivity index (χ0) is 12.8. The Morgan fingerprint density at radius 2 is 2.26 bits per heavy atom. The average molecular weight is 383 g/mol. The molecule has 19 heavy (non-hydrogen) atoms. The van der Waals surface area contributed by atoms with Crippen molar-refractivity contribution in [3.63, 3.8) is 0 Å². The van der Waals surface area contributed by atoms with Gasteiger partial charge < -0.3 is 19.7 Å². The van der Waals surface area contributed by atoms with E-state index >= 15 is 0 Å². The predicted octanol–water partition coefficient (Wildman–Crippen LogP) is 1.47. The first-order valence-corrected chi connectivity index (χ1v) is 7.00. The third kappa shape index (κ3) is 5.07. The maximum atomic E-state index is 5.67. The Morgan fingerprint density at radius 3 is 2.84 bits per heavy atom. The van der Waals surface area contributed by atoms with Gasteiger partial charge in [-0.1, -0.05) is 0 Å². The summed E-state index contributed by atoms with van der Waals surface area (Å²) in [6.07, 6.45) is 4.05. The molecule has 0 aromatic heterocycles. The van der Waals surface area contributed by atoms with E-state index in [1.165, 1.54) is 19.3 Å². The van der Waals surface area contributed by atoms with Crippen LogP contribution in [0.5, 0.6) is 0 Å². The fraction of sp³-hybridized carbons (Fsp3) is 0.923. The van der Waals surface area contributed by atoms with Crippen LogP contribution in [0.4, 0.5) is 0 Å². The molecule has 1 saturated heterocycles. The Bertz CT molecular complexity index is 283. The van der Waals surface area contributed by atoms with Gasteiger partial charge in [-0.15, -0.1) is 24.0 Å². The summed E-state index contributed by atoms with van der Waals surface area (Å²) < 4.78 is 10.8. The Hall–Kier alpha value is -0.0800. The van der Waals surface area contributed by atoms with E-state index in [9.17, 15) is 0 Å². The van der Waals surface area contributed by atoms with E-state index in [0.29, 0.717) is 12.6 Å². The molecule has 2 aliphatic rings. The Balaban J connectivity index is 0.00000180. The summed E-state index contributed by atoms with van der Waals surface area (Å²) in [6, 6.07) is 0.624. The summed E-state index contributed by atoms with van der Waals surface area (Å²) in [7, 11) is 1.72. The molecule has 5 nitrogen and oxygen atoms in total. The van der Waals surface area contributed by atoms with Crippen molar-refractivity contribution in [2.45, 2.75) is 38.3 Å². The zero-order valence-corrected chi connectivity index (χ0v) is 14.3. The maximum absolute atomic E-state index is 5.67. The predicted molar refractivity (Wildman–Crippen MR) is 87.4 cm³/mol. The fourth-order valence-electron chi connectivity index (χ4n) is 2.32. The second-order valence-corrected chi connectivity index (χ2v) is 4.96. The van der Waals surface area contributed by atoms with Crippen LogP contribution >= 0.6 is 24.0 Å². The minimum Gasteiger partial charge on any atom is -0.382 e. The van der Waals surface area contributed by atoms with Crippen LogP contribution in [-0.2, 0) is 9.47 Å². The van der Waals surface area contributed by atoms with Crippen LogP contribution in [-0.4, -0.2) is 63.0 Å². The number of aliphatic imine (C=N–C) groups is 1. The summed E-state index contributed by atoms with van der Waals surface area (Å²) in [4.78, 5) is 6.90. The zero-order valence-electron chi connectivity index (χ0n) is 11.9. The van der Waals surface area contributed by atoms with E-state index in [1.54, 1.807) is 7.11 Å². The second kappa shape index (κ2) is 8.97. The van der Waals surface area contributed by atoms with Gasteiger partial charge in [0.1, 0.15) is 0 Å². The van der Waals surface area contributed by atoms with Crippen molar-refractivity contribution >= 4 is 29.9 Å². The first kappa shape index (κ1) is 17.0. The van der Waals surface area contributed by atoms with E-state index in [-0.39, 0.29) is 30.1 Å². The van der Waals surface area contributed by atoms with Gasteiger partial charge in [0.05, 0.1) is 19.3 Å². The number of rotatable bonds is 4. The van der Waals surface area contributed by atoms with Gasteiger partial charge in [0, 0.05) is 32.8 Å². The molecule has 2 fully saturated rings. The van der Waals surface area contributed by atoms with E-state index in [0.717, 1.165) is 32.2 Å². The highest BCUT2D eigenvalue weighted by Crippen LogP contribution is 2.18. The van der Waals surface area contributed by atoms with Gasteiger partial charge >= 0.3 is 0 Å². The van der Waals surface area contributed by atoms with Crippen molar-refractivity contribution in [2.24, 2.45) is 4.99 Å². The molecule has 1 saturated carbocycles.